The molecular formula is C17H26ClN3. The Kier molecular flexibility index (Phi) is 5.04. The van der Waals surface area contributed by atoms with Crippen LogP contribution in [0.1, 0.15) is 31.7 Å². The van der Waals surface area contributed by atoms with Gasteiger partial charge in [-0.25, -0.2) is 0 Å². The van der Waals surface area contributed by atoms with Gasteiger partial charge in [0, 0.05) is 49.5 Å². The first-order valence-corrected chi connectivity index (χ1v) is 8.64. The smallest absolute Gasteiger partial charge is 0.0413 e. The Balaban J connectivity index is 1.65. The van der Waals surface area contributed by atoms with Crippen LogP contribution >= 0.6 is 11.6 Å². The van der Waals surface area contributed by atoms with Crippen molar-refractivity contribution in [3.8, 4) is 0 Å². The van der Waals surface area contributed by atoms with Crippen molar-refractivity contribution in [2.75, 3.05) is 37.6 Å². The topological polar surface area (TPSA) is 18.5 Å². The van der Waals surface area contributed by atoms with Gasteiger partial charge < -0.3 is 10.2 Å². The highest BCUT2D eigenvalue weighted by atomic mass is 35.5. The van der Waals surface area contributed by atoms with Gasteiger partial charge in [0.05, 0.1) is 0 Å². The molecule has 116 valence electrons. The van der Waals surface area contributed by atoms with Crippen LogP contribution in [0.3, 0.4) is 0 Å². The summed E-state index contributed by atoms with van der Waals surface area (Å²) in [6, 6.07) is 7.22. The summed E-state index contributed by atoms with van der Waals surface area (Å²) in [6.07, 6.45) is 3.98. The van der Waals surface area contributed by atoms with E-state index in [4.69, 9.17) is 11.6 Å². The molecule has 1 saturated carbocycles. The second-order valence-corrected chi connectivity index (χ2v) is 6.64. The number of halogens is 1. The van der Waals surface area contributed by atoms with Crippen LogP contribution in [0.15, 0.2) is 18.2 Å². The summed E-state index contributed by atoms with van der Waals surface area (Å²) in [5, 5.41) is 4.34. The lowest BCUT2D eigenvalue weighted by atomic mass is 10.1. The zero-order chi connectivity index (χ0) is 14.7. The maximum atomic E-state index is 6.19. The zero-order valence-corrected chi connectivity index (χ0v) is 13.7. The molecule has 1 saturated heterocycles. The minimum Gasteiger partial charge on any atom is -0.369 e. The minimum absolute atomic E-state index is 0.837. The molecule has 1 aromatic rings. The van der Waals surface area contributed by atoms with Crippen molar-refractivity contribution < 1.29 is 0 Å². The van der Waals surface area contributed by atoms with Gasteiger partial charge in [0.2, 0.25) is 0 Å². The Bertz CT molecular complexity index is 465. The fraction of sp³-hybridized carbons (Fsp3) is 0.647. The van der Waals surface area contributed by atoms with Crippen LogP contribution in [0.4, 0.5) is 5.69 Å². The molecule has 0 spiro atoms. The lowest BCUT2D eigenvalue weighted by Gasteiger charge is -2.37. The van der Waals surface area contributed by atoms with Gasteiger partial charge in [-0.2, -0.15) is 0 Å². The Morgan fingerprint density at radius 2 is 1.95 bits per heavy atom. The third kappa shape index (κ3) is 3.91. The molecule has 0 bridgehead atoms. The molecule has 3 nitrogen and oxygen atoms in total. The van der Waals surface area contributed by atoms with E-state index in [9.17, 15) is 0 Å². The molecule has 21 heavy (non-hydrogen) atoms. The molecule has 3 rings (SSSR count). The molecule has 4 heteroatoms. The van der Waals surface area contributed by atoms with Crippen LogP contribution in [0, 0.1) is 0 Å². The standard InChI is InChI=1S/C17H26ClN3/c1-2-7-19-13-14-12-15(18)3-6-17(14)21-10-8-20(9-11-21)16-4-5-16/h3,6,12,16,19H,2,4-5,7-11,13H2,1H3. The summed E-state index contributed by atoms with van der Waals surface area (Å²) in [5.41, 5.74) is 2.69. The van der Waals surface area contributed by atoms with Gasteiger partial charge in [-0.3, -0.25) is 4.90 Å². The van der Waals surface area contributed by atoms with Crippen molar-refractivity contribution in [3.05, 3.63) is 28.8 Å². The first-order valence-electron chi connectivity index (χ1n) is 8.26. The van der Waals surface area contributed by atoms with E-state index < -0.39 is 0 Å². The normalized spacial score (nSPS) is 20.0. The average molecular weight is 308 g/mol. The minimum atomic E-state index is 0.837. The molecule has 1 N–H and O–H groups in total. The monoisotopic (exact) mass is 307 g/mol. The van der Waals surface area contributed by atoms with Gasteiger partial charge in [0.15, 0.2) is 0 Å². The zero-order valence-electron chi connectivity index (χ0n) is 12.9. The van der Waals surface area contributed by atoms with Gasteiger partial charge in [-0.15, -0.1) is 0 Å². The van der Waals surface area contributed by atoms with E-state index in [1.165, 1.54) is 37.2 Å². The molecule has 1 aliphatic heterocycles. The maximum Gasteiger partial charge on any atom is 0.0413 e. The largest absolute Gasteiger partial charge is 0.369 e. The van der Waals surface area contributed by atoms with Crippen molar-refractivity contribution in [1.29, 1.82) is 0 Å². The molecule has 0 radical (unpaired) electrons. The molecular weight excluding hydrogens is 282 g/mol. The van der Waals surface area contributed by atoms with E-state index in [2.05, 4.69) is 34.2 Å². The van der Waals surface area contributed by atoms with Crippen LogP contribution in [-0.2, 0) is 6.54 Å². The summed E-state index contributed by atoms with van der Waals surface area (Å²) in [5.74, 6) is 0. The number of rotatable bonds is 6. The molecule has 2 aliphatic rings. The Labute approximate surface area is 133 Å². The summed E-state index contributed by atoms with van der Waals surface area (Å²) < 4.78 is 0. The van der Waals surface area contributed by atoms with Crippen molar-refractivity contribution in [2.24, 2.45) is 0 Å². The van der Waals surface area contributed by atoms with E-state index >= 15 is 0 Å². The van der Waals surface area contributed by atoms with Gasteiger partial charge in [-0.05, 0) is 49.6 Å². The number of piperazine rings is 1. The van der Waals surface area contributed by atoms with E-state index in [0.717, 1.165) is 43.7 Å². The summed E-state index contributed by atoms with van der Waals surface area (Å²) in [6.45, 7) is 8.85. The number of benzene rings is 1. The molecule has 2 fully saturated rings. The highest BCUT2D eigenvalue weighted by Gasteiger charge is 2.31. The van der Waals surface area contributed by atoms with Gasteiger partial charge in [-0.1, -0.05) is 18.5 Å². The van der Waals surface area contributed by atoms with Crippen molar-refractivity contribution in [2.45, 2.75) is 38.8 Å². The summed E-state index contributed by atoms with van der Waals surface area (Å²) >= 11 is 6.19. The Morgan fingerprint density at radius 3 is 2.62 bits per heavy atom. The van der Waals surface area contributed by atoms with E-state index in [0.29, 0.717) is 0 Å². The van der Waals surface area contributed by atoms with E-state index in [1.807, 2.05) is 6.07 Å². The quantitative estimate of drug-likeness (QED) is 0.815. The fourth-order valence-electron chi connectivity index (χ4n) is 3.17. The number of hydrogen-bond donors (Lipinski definition) is 1. The number of anilines is 1. The molecule has 1 aromatic carbocycles. The molecule has 1 aliphatic carbocycles. The Hall–Kier alpha value is -0.770. The van der Waals surface area contributed by atoms with Crippen LogP contribution < -0.4 is 10.2 Å². The highest BCUT2D eigenvalue weighted by molar-refractivity contribution is 6.30. The lowest BCUT2D eigenvalue weighted by Crippen LogP contribution is -2.47. The molecule has 0 amide bonds. The van der Waals surface area contributed by atoms with Crippen molar-refractivity contribution in [1.82, 2.24) is 10.2 Å². The highest BCUT2D eigenvalue weighted by Crippen LogP contribution is 2.30. The van der Waals surface area contributed by atoms with E-state index in [-0.39, 0.29) is 0 Å². The first kappa shape index (κ1) is 15.1. The summed E-state index contributed by atoms with van der Waals surface area (Å²) in [7, 11) is 0. The maximum absolute atomic E-state index is 6.19. The van der Waals surface area contributed by atoms with Gasteiger partial charge >= 0.3 is 0 Å². The lowest BCUT2D eigenvalue weighted by molar-refractivity contribution is 0.248. The molecule has 1 heterocycles. The number of hydrogen-bond acceptors (Lipinski definition) is 3. The van der Waals surface area contributed by atoms with Crippen LogP contribution in [-0.4, -0.2) is 43.7 Å². The molecule has 0 atom stereocenters. The first-order chi connectivity index (χ1) is 10.3. The van der Waals surface area contributed by atoms with Gasteiger partial charge in [0.1, 0.15) is 0 Å². The van der Waals surface area contributed by atoms with Crippen molar-refractivity contribution >= 4 is 17.3 Å². The van der Waals surface area contributed by atoms with Crippen LogP contribution in [0.5, 0.6) is 0 Å². The van der Waals surface area contributed by atoms with Gasteiger partial charge in [0.25, 0.3) is 0 Å². The predicted octanol–water partition coefficient (Wildman–Crippen LogP) is 3.12. The Morgan fingerprint density at radius 1 is 1.19 bits per heavy atom. The third-order valence-corrected chi connectivity index (χ3v) is 4.74. The second-order valence-electron chi connectivity index (χ2n) is 6.20. The van der Waals surface area contributed by atoms with Crippen LogP contribution in [0.2, 0.25) is 5.02 Å². The third-order valence-electron chi connectivity index (χ3n) is 4.50. The number of nitrogens with one attached hydrogen (secondary N) is 1. The average Bonchev–Trinajstić information content (AvgIpc) is 3.33. The SMILES string of the molecule is CCCNCc1cc(Cl)ccc1N1CCN(C2CC2)CC1. The predicted molar refractivity (Wildman–Crippen MR) is 90.3 cm³/mol. The molecule has 0 unspecified atom stereocenters. The van der Waals surface area contributed by atoms with E-state index in [1.54, 1.807) is 0 Å². The van der Waals surface area contributed by atoms with Crippen LogP contribution in [0.25, 0.3) is 0 Å². The summed E-state index contributed by atoms with van der Waals surface area (Å²) in [4.78, 5) is 5.18. The van der Waals surface area contributed by atoms with Crippen molar-refractivity contribution in [3.63, 3.8) is 0 Å². The molecule has 0 aromatic heterocycles. The number of nitrogens with zero attached hydrogens (tertiary/aromatic N) is 2. The fourth-order valence-corrected chi connectivity index (χ4v) is 3.37. The second kappa shape index (κ2) is 6.99.